The molecule has 0 bridgehead atoms. The highest BCUT2D eigenvalue weighted by Gasteiger charge is 2.45. The third kappa shape index (κ3) is 4.37. The number of anilines is 1. The first-order valence-electron chi connectivity index (χ1n) is 12.3. The molecule has 2 aromatic carbocycles. The molecule has 7 nitrogen and oxygen atoms in total. The van der Waals surface area contributed by atoms with Crippen LogP contribution in [-0.4, -0.2) is 54.3 Å². The van der Waals surface area contributed by atoms with Crippen molar-refractivity contribution >= 4 is 17.7 Å². The van der Waals surface area contributed by atoms with Crippen LogP contribution >= 0.6 is 0 Å². The maximum Gasteiger partial charge on any atom is 0.335 e. The van der Waals surface area contributed by atoms with Crippen molar-refractivity contribution < 1.29 is 19.4 Å². The molecule has 1 spiro atoms. The van der Waals surface area contributed by atoms with E-state index in [9.17, 15) is 9.59 Å². The Morgan fingerprint density at radius 1 is 1.15 bits per heavy atom. The number of hydrogen-bond donors (Lipinski definition) is 2. The molecular formula is C27H33N3O4. The predicted octanol–water partition coefficient (Wildman–Crippen LogP) is 4.40. The third-order valence-electron chi connectivity index (χ3n) is 7.66. The average Bonchev–Trinajstić information content (AvgIpc) is 3.64. The number of carbonyl (C=O) groups is 2. The van der Waals surface area contributed by atoms with Crippen LogP contribution in [0.3, 0.4) is 0 Å². The lowest BCUT2D eigenvalue weighted by Gasteiger charge is -2.39. The lowest BCUT2D eigenvalue weighted by Crippen LogP contribution is -2.52. The number of carboxylic acids is 1. The van der Waals surface area contributed by atoms with Crippen molar-refractivity contribution in [2.45, 2.75) is 57.0 Å². The monoisotopic (exact) mass is 463 g/mol. The van der Waals surface area contributed by atoms with Gasteiger partial charge in [0.1, 0.15) is 5.75 Å². The van der Waals surface area contributed by atoms with Gasteiger partial charge in [0.15, 0.2) is 0 Å². The van der Waals surface area contributed by atoms with Gasteiger partial charge in [-0.15, -0.1) is 0 Å². The summed E-state index contributed by atoms with van der Waals surface area (Å²) >= 11 is 0. The Bertz CT molecular complexity index is 1090. The van der Waals surface area contributed by atoms with Crippen molar-refractivity contribution in [1.29, 1.82) is 0 Å². The Balaban J connectivity index is 1.25. The van der Waals surface area contributed by atoms with Crippen LogP contribution in [0.15, 0.2) is 36.4 Å². The molecule has 2 aromatic rings. The minimum atomic E-state index is -0.964. The van der Waals surface area contributed by atoms with Crippen LogP contribution in [0, 0.1) is 0 Å². The average molecular weight is 464 g/mol. The zero-order chi connectivity index (χ0) is 23.9. The van der Waals surface area contributed by atoms with Gasteiger partial charge in [-0.1, -0.05) is 13.0 Å². The normalized spacial score (nSPS) is 19.9. The van der Waals surface area contributed by atoms with Gasteiger partial charge in [-0.25, -0.2) is 9.59 Å². The Hall–Kier alpha value is -3.06. The van der Waals surface area contributed by atoms with Crippen LogP contribution in [-0.2, 0) is 13.0 Å². The molecule has 5 rings (SSSR count). The number of piperidine rings is 1. The maximum atomic E-state index is 12.8. The van der Waals surface area contributed by atoms with Gasteiger partial charge in [0.25, 0.3) is 0 Å². The number of benzene rings is 2. The second kappa shape index (κ2) is 8.95. The molecule has 2 amide bonds. The standard InChI is InChI=1S/C27H33N3O4/c1-3-18-15-24(34-2)23(19-4-5-19)14-21(18)16-29-12-10-27(11-13-29)17-30(26(33)28-27)22-8-6-20(7-9-22)25(31)32/h6-9,14-15,19H,3-5,10-13,16-17H2,1-2H3,(H,28,33)(H,31,32). The number of methoxy groups -OCH3 is 1. The van der Waals surface area contributed by atoms with E-state index in [1.54, 1.807) is 36.3 Å². The van der Waals surface area contributed by atoms with Crippen molar-refractivity contribution in [2.75, 3.05) is 31.6 Å². The first-order valence-corrected chi connectivity index (χ1v) is 12.3. The highest BCUT2D eigenvalue weighted by Crippen LogP contribution is 2.45. The second-order valence-corrected chi connectivity index (χ2v) is 9.92. The second-order valence-electron chi connectivity index (χ2n) is 9.92. The van der Waals surface area contributed by atoms with Crippen LogP contribution in [0.5, 0.6) is 5.75 Å². The smallest absolute Gasteiger partial charge is 0.335 e. The molecule has 0 radical (unpaired) electrons. The van der Waals surface area contributed by atoms with Gasteiger partial charge in [-0.05, 0) is 85.0 Å². The van der Waals surface area contributed by atoms with Gasteiger partial charge in [0.2, 0.25) is 0 Å². The van der Waals surface area contributed by atoms with Crippen LogP contribution in [0.2, 0.25) is 0 Å². The summed E-state index contributed by atoms with van der Waals surface area (Å²) < 4.78 is 5.68. The number of aromatic carboxylic acids is 1. The largest absolute Gasteiger partial charge is 0.496 e. The molecule has 2 N–H and O–H groups in total. The quantitative estimate of drug-likeness (QED) is 0.636. The number of amides is 2. The number of nitrogens with zero attached hydrogens (tertiary/aromatic N) is 2. The number of hydrogen-bond acceptors (Lipinski definition) is 4. The van der Waals surface area contributed by atoms with E-state index < -0.39 is 5.97 Å². The summed E-state index contributed by atoms with van der Waals surface area (Å²) in [6, 6.07) is 11.0. The van der Waals surface area contributed by atoms with Gasteiger partial charge in [0.05, 0.1) is 24.8 Å². The first-order chi connectivity index (χ1) is 16.4. The minimum absolute atomic E-state index is 0.103. The predicted molar refractivity (Wildman–Crippen MR) is 131 cm³/mol. The van der Waals surface area contributed by atoms with Crippen LogP contribution in [0.4, 0.5) is 10.5 Å². The van der Waals surface area contributed by atoms with Gasteiger partial charge < -0.3 is 15.2 Å². The molecule has 180 valence electrons. The fourth-order valence-electron chi connectivity index (χ4n) is 5.42. The summed E-state index contributed by atoms with van der Waals surface area (Å²) in [5, 5.41) is 12.4. The maximum absolute atomic E-state index is 12.8. The van der Waals surface area contributed by atoms with Gasteiger partial charge >= 0.3 is 12.0 Å². The summed E-state index contributed by atoms with van der Waals surface area (Å²) in [6.07, 6.45) is 5.29. The van der Waals surface area contributed by atoms with Gasteiger partial charge in [-0.3, -0.25) is 9.80 Å². The van der Waals surface area contributed by atoms with E-state index in [4.69, 9.17) is 9.84 Å². The molecule has 2 aliphatic heterocycles. The van der Waals surface area contributed by atoms with E-state index >= 15 is 0 Å². The molecule has 0 unspecified atom stereocenters. The summed E-state index contributed by atoms with van der Waals surface area (Å²) in [6.45, 7) is 5.60. The highest BCUT2D eigenvalue weighted by atomic mass is 16.5. The molecule has 1 saturated carbocycles. The molecule has 3 aliphatic rings. The molecule has 1 aliphatic carbocycles. The van der Waals surface area contributed by atoms with E-state index in [1.165, 1.54) is 29.5 Å². The van der Waals surface area contributed by atoms with Crippen LogP contribution < -0.4 is 15.0 Å². The number of rotatable bonds is 7. The minimum Gasteiger partial charge on any atom is -0.496 e. The van der Waals surface area contributed by atoms with Crippen molar-refractivity contribution in [2.24, 2.45) is 0 Å². The first kappa shape index (κ1) is 22.7. The van der Waals surface area contributed by atoms with Crippen molar-refractivity contribution in [3.8, 4) is 5.75 Å². The third-order valence-corrected chi connectivity index (χ3v) is 7.66. The number of nitrogens with one attached hydrogen (secondary N) is 1. The van der Waals surface area contributed by atoms with Crippen LogP contribution in [0.25, 0.3) is 0 Å². The van der Waals surface area contributed by atoms with E-state index in [0.29, 0.717) is 12.5 Å². The molecule has 2 saturated heterocycles. The van der Waals surface area contributed by atoms with Crippen LogP contribution in [0.1, 0.15) is 65.6 Å². The topological polar surface area (TPSA) is 82.1 Å². The van der Waals surface area contributed by atoms with E-state index in [-0.39, 0.29) is 17.1 Å². The van der Waals surface area contributed by atoms with Gasteiger partial charge in [0, 0.05) is 25.3 Å². The Kier molecular flexibility index (Phi) is 5.98. The fourth-order valence-corrected chi connectivity index (χ4v) is 5.42. The summed E-state index contributed by atoms with van der Waals surface area (Å²) in [4.78, 5) is 28.1. The Labute approximate surface area is 200 Å². The molecule has 0 aromatic heterocycles. The van der Waals surface area contributed by atoms with E-state index in [2.05, 4.69) is 29.3 Å². The number of aryl methyl sites for hydroxylation is 1. The summed E-state index contributed by atoms with van der Waals surface area (Å²) in [5.41, 5.74) is 4.84. The van der Waals surface area contributed by atoms with Gasteiger partial charge in [-0.2, -0.15) is 0 Å². The zero-order valence-corrected chi connectivity index (χ0v) is 20.0. The highest BCUT2D eigenvalue weighted by molar-refractivity contribution is 5.96. The lowest BCUT2D eigenvalue weighted by atomic mass is 9.87. The molecule has 0 atom stereocenters. The number of likely N-dealkylation sites (tertiary alicyclic amines) is 1. The number of carboxylic acid groups (broad SMARTS) is 1. The molecule has 34 heavy (non-hydrogen) atoms. The lowest BCUT2D eigenvalue weighted by molar-refractivity contribution is 0.0697. The SMILES string of the molecule is CCc1cc(OC)c(C2CC2)cc1CN1CCC2(CC1)CN(c1ccc(C(=O)O)cc1)C(=O)N2. The number of ether oxygens (including phenoxy) is 1. The molecule has 7 heteroatoms. The number of carbonyl (C=O) groups excluding carboxylic acids is 1. The van der Waals surface area contributed by atoms with E-state index in [1.807, 2.05) is 0 Å². The number of urea groups is 1. The molecule has 2 heterocycles. The zero-order valence-electron chi connectivity index (χ0n) is 20.0. The summed E-state index contributed by atoms with van der Waals surface area (Å²) in [5.74, 6) is 0.716. The Morgan fingerprint density at radius 2 is 1.85 bits per heavy atom. The van der Waals surface area contributed by atoms with Crippen molar-refractivity contribution in [1.82, 2.24) is 10.2 Å². The van der Waals surface area contributed by atoms with E-state index in [0.717, 1.165) is 50.3 Å². The fraction of sp³-hybridized carbons (Fsp3) is 0.481. The Morgan fingerprint density at radius 3 is 2.44 bits per heavy atom. The van der Waals surface area contributed by atoms with Crippen molar-refractivity contribution in [3.63, 3.8) is 0 Å². The summed E-state index contributed by atoms with van der Waals surface area (Å²) in [7, 11) is 1.77. The molecule has 3 fully saturated rings. The molecular weight excluding hydrogens is 430 g/mol. The van der Waals surface area contributed by atoms with Crippen molar-refractivity contribution in [3.05, 3.63) is 58.7 Å².